The lowest BCUT2D eigenvalue weighted by Crippen LogP contribution is -2.46. The summed E-state index contributed by atoms with van der Waals surface area (Å²) in [6, 6.07) is 1.52. The summed E-state index contributed by atoms with van der Waals surface area (Å²) in [5, 5.41) is 8.82. The topological polar surface area (TPSA) is 26.7 Å². The molecule has 0 saturated carbocycles. The molecule has 0 aromatic carbocycles. The zero-order valence-corrected chi connectivity index (χ0v) is 7.74. The van der Waals surface area contributed by atoms with Crippen LogP contribution in [0.3, 0.4) is 0 Å². The number of hydrogen-bond acceptors (Lipinski definition) is 3. The molecule has 2 heterocycles. The van der Waals surface area contributed by atoms with E-state index >= 15 is 0 Å². The van der Waals surface area contributed by atoms with E-state index in [2.05, 4.69) is 16.7 Å². The quantitative estimate of drug-likeness (QED) is 0.633. The number of aliphatic hydroxyl groups excluding tert-OH is 1. The zero-order chi connectivity index (χ0) is 8.55. The molecule has 2 atom stereocenters. The van der Waals surface area contributed by atoms with E-state index in [0.717, 1.165) is 18.6 Å². The van der Waals surface area contributed by atoms with Gasteiger partial charge in [-0.15, -0.1) is 0 Å². The summed E-state index contributed by atoms with van der Waals surface area (Å²) in [6.07, 6.45) is 1.33. The number of piperazine rings is 1. The smallest absolute Gasteiger partial charge is 0.0558 e. The van der Waals surface area contributed by atoms with Gasteiger partial charge in [-0.25, -0.2) is 0 Å². The van der Waals surface area contributed by atoms with Crippen LogP contribution >= 0.6 is 0 Å². The van der Waals surface area contributed by atoms with Gasteiger partial charge in [0.2, 0.25) is 0 Å². The molecule has 2 rings (SSSR count). The number of fused-ring (bicyclic) bond motifs is 2. The van der Waals surface area contributed by atoms with E-state index in [1.54, 1.807) is 0 Å². The second-order valence-electron chi connectivity index (χ2n) is 3.85. The summed E-state index contributed by atoms with van der Waals surface area (Å²) in [5.74, 6) is 0. The van der Waals surface area contributed by atoms with Gasteiger partial charge < -0.3 is 5.11 Å². The molecule has 1 N–H and O–H groups in total. The number of rotatable bonds is 3. The predicted molar refractivity (Wildman–Crippen MR) is 48.1 cm³/mol. The van der Waals surface area contributed by atoms with Gasteiger partial charge in [0.15, 0.2) is 0 Å². The lowest BCUT2D eigenvalue weighted by atomic mass is 10.2. The Labute approximate surface area is 74.0 Å². The van der Waals surface area contributed by atoms with E-state index in [0.29, 0.717) is 6.61 Å². The maximum Gasteiger partial charge on any atom is 0.0558 e. The van der Waals surface area contributed by atoms with Crippen LogP contribution < -0.4 is 0 Å². The fourth-order valence-electron chi connectivity index (χ4n) is 2.62. The molecule has 2 aliphatic heterocycles. The van der Waals surface area contributed by atoms with E-state index in [-0.39, 0.29) is 0 Å². The molecular formula is C9H18N2O. The van der Waals surface area contributed by atoms with Crippen molar-refractivity contribution in [3.05, 3.63) is 0 Å². The number of likely N-dealkylation sites (N-methyl/N-ethyl adjacent to an activating group) is 1. The van der Waals surface area contributed by atoms with Crippen molar-refractivity contribution in [3.8, 4) is 0 Å². The van der Waals surface area contributed by atoms with Gasteiger partial charge in [-0.3, -0.25) is 9.80 Å². The van der Waals surface area contributed by atoms with Crippen molar-refractivity contribution in [1.29, 1.82) is 0 Å². The largest absolute Gasteiger partial charge is 0.395 e. The Bertz CT molecular complexity index is 163. The summed E-state index contributed by atoms with van der Waals surface area (Å²) in [4.78, 5) is 4.98. The van der Waals surface area contributed by atoms with Gasteiger partial charge in [0.05, 0.1) is 6.61 Å². The SMILES string of the molecule is CCN1C[C@H]2C[C@@H]1CN2CCO. The first-order valence-corrected chi connectivity index (χ1v) is 4.94. The van der Waals surface area contributed by atoms with Crippen LogP contribution in [0.4, 0.5) is 0 Å². The molecule has 70 valence electrons. The minimum Gasteiger partial charge on any atom is -0.395 e. The highest BCUT2D eigenvalue weighted by Crippen LogP contribution is 2.29. The van der Waals surface area contributed by atoms with Crippen molar-refractivity contribution in [1.82, 2.24) is 9.80 Å². The van der Waals surface area contributed by atoms with Crippen LogP contribution in [0, 0.1) is 0 Å². The Morgan fingerprint density at radius 3 is 2.42 bits per heavy atom. The van der Waals surface area contributed by atoms with Crippen LogP contribution in [-0.4, -0.2) is 59.8 Å². The molecule has 0 aromatic heterocycles. The van der Waals surface area contributed by atoms with E-state index < -0.39 is 0 Å². The monoisotopic (exact) mass is 170 g/mol. The molecule has 0 aliphatic carbocycles. The van der Waals surface area contributed by atoms with E-state index in [4.69, 9.17) is 5.11 Å². The van der Waals surface area contributed by atoms with Gasteiger partial charge in [0, 0.05) is 31.7 Å². The van der Waals surface area contributed by atoms with Crippen LogP contribution in [0.25, 0.3) is 0 Å². The van der Waals surface area contributed by atoms with Gasteiger partial charge in [-0.05, 0) is 13.0 Å². The molecular weight excluding hydrogens is 152 g/mol. The van der Waals surface area contributed by atoms with Crippen LogP contribution in [0.15, 0.2) is 0 Å². The molecule has 0 aromatic rings. The van der Waals surface area contributed by atoms with Crippen molar-refractivity contribution < 1.29 is 5.11 Å². The summed E-state index contributed by atoms with van der Waals surface area (Å²) in [7, 11) is 0. The predicted octanol–water partition coefficient (Wildman–Crippen LogP) is -0.243. The van der Waals surface area contributed by atoms with E-state index in [1.807, 2.05) is 0 Å². The molecule has 2 fully saturated rings. The van der Waals surface area contributed by atoms with Crippen molar-refractivity contribution in [2.75, 3.05) is 32.8 Å². The van der Waals surface area contributed by atoms with Crippen LogP contribution in [0.2, 0.25) is 0 Å². The third-order valence-corrected chi connectivity index (χ3v) is 3.26. The Kier molecular flexibility index (Phi) is 2.35. The molecule has 0 radical (unpaired) electrons. The van der Waals surface area contributed by atoms with Gasteiger partial charge in [0.1, 0.15) is 0 Å². The number of hydrogen-bond donors (Lipinski definition) is 1. The van der Waals surface area contributed by atoms with Crippen molar-refractivity contribution in [2.45, 2.75) is 25.4 Å². The molecule has 0 unspecified atom stereocenters. The Morgan fingerprint density at radius 2 is 1.92 bits per heavy atom. The van der Waals surface area contributed by atoms with Crippen LogP contribution in [0.1, 0.15) is 13.3 Å². The molecule has 2 saturated heterocycles. The number of aliphatic hydroxyl groups is 1. The highest BCUT2D eigenvalue weighted by atomic mass is 16.3. The first-order valence-electron chi connectivity index (χ1n) is 4.94. The van der Waals surface area contributed by atoms with Gasteiger partial charge in [-0.1, -0.05) is 6.92 Å². The van der Waals surface area contributed by atoms with Gasteiger partial charge in [-0.2, -0.15) is 0 Å². The number of nitrogens with zero attached hydrogens (tertiary/aromatic N) is 2. The Hall–Kier alpha value is -0.120. The molecule has 3 nitrogen and oxygen atoms in total. The van der Waals surface area contributed by atoms with Gasteiger partial charge in [0.25, 0.3) is 0 Å². The second kappa shape index (κ2) is 3.32. The van der Waals surface area contributed by atoms with Gasteiger partial charge >= 0.3 is 0 Å². The average Bonchev–Trinajstić information content (AvgIpc) is 2.62. The zero-order valence-electron chi connectivity index (χ0n) is 7.74. The summed E-state index contributed by atoms with van der Waals surface area (Å²) >= 11 is 0. The fraction of sp³-hybridized carbons (Fsp3) is 1.00. The lowest BCUT2D eigenvalue weighted by molar-refractivity contribution is 0.112. The van der Waals surface area contributed by atoms with Crippen LogP contribution in [-0.2, 0) is 0 Å². The number of β-amino-alcohol motifs (C(OH)–C–C–N with tert-alkyl or cyclic N) is 1. The van der Waals surface area contributed by atoms with Crippen LogP contribution in [0.5, 0.6) is 0 Å². The molecule has 2 bridgehead atoms. The third-order valence-electron chi connectivity index (χ3n) is 3.26. The van der Waals surface area contributed by atoms with Crippen molar-refractivity contribution in [3.63, 3.8) is 0 Å². The first kappa shape index (κ1) is 8.48. The minimum atomic E-state index is 0.315. The minimum absolute atomic E-state index is 0.315. The Morgan fingerprint density at radius 1 is 1.25 bits per heavy atom. The Balaban J connectivity index is 1.89. The molecule has 2 aliphatic rings. The van der Waals surface area contributed by atoms with Crippen molar-refractivity contribution in [2.24, 2.45) is 0 Å². The standard InChI is InChI=1S/C9H18N2O/c1-2-10-6-9-5-8(10)7-11(9)3-4-12/h8-9,12H,2-7H2,1H3/t8-,9-/m1/s1. The molecule has 12 heavy (non-hydrogen) atoms. The maximum atomic E-state index is 8.82. The maximum absolute atomic E-state index is 8.82. The normalized spacial score (nSPS) is 36.5. The summed E-state index contributed by atoms with van der Waals surface area (Å²) in [5.41, 5.74) is 0. The first-order chi connectivity index (χ1) is 5.85. The summed E-state index contributed by atoms with van der Waals surface area (Å²) in [6.45, 7) is 7.01. The molecule has 0 spiro atoms. The lowest BCUT2D eigenvalue weighted by Gasteiger charge is -2.32. The molecule has 0 amide bonds. The summed E-state index contributed by atoms with van der Waals surface area (Å²) < 4.78 is 0. The molecule has 3 heteroatoms. The fourth-order valence-corrected chi connectivity index (χ4v) is 2.62. The van der Waals surface area contributed by atoms with E-state index in [1.165, 1.54) is 26.1 Å². The van der Waals surface area contributed by atoms with Crippen molar-refractivity contribution >= 4 is 0 Å². The third kappa shape index (κ3) is 1.26. The highest BCUT2D eigenvalue weighted by molar-refractivity contribution is 4.98. The second-order valence-corrected chi connectivity index (χ2v) is 3.85. The average molecular weight is 170 g/mol. The highest BCUT2D eigenvalue weighted by Gasteiger charge is 2.41. The number of likely N-dealkylation sites (tertiary alicyclic amines) is 2. The van der Waals surface area contributed by atoms with E-state index in [9.17, 15) is 0 Å².